The number of anilines is 1. The van der Waals surface area contributed by atoms with Gasteiger partial charge in [0, 0.05) is 12.2 Å². The van der Waals surface area contributed by atoms with Crippen LogP contribution in [0.1, 0.15) is 25.8 Å². The first-order valence-electron chi connectivity index (χ1n) is 7.14. The molecule has 2 aliphatic heterocycles. The summed E-state index contributed by atoms with van der Waals surface area (Å²) in [4.78, 5) is 12.5. The minimum atomic E-state index is -3.60. The molecule has 2 atom stereocenters. The minimum absolute atomic E-state index is 0.0224. The Hall–Kier alpha value is -1.91. The summed E-state index contributed by atoms with van der Waals surface area (Å²) in [6.07, 6.45) is 0.193. The Balaban J connectivity index is 2.10. The molecule has 22 heavy (non-hydrogen) atoms. The molecule has 0 saturated carbocycles. The van der Waals surface area contributed by atoms with Gasteiger partial charge in [-0.2, -0.15) is 9.57 Å². The number of fused-ring (bicyclic) bond motifs is 2. The van der Waals surface area contributed by atoms with Crippen LogP contribution in [-0.2, 0) is 20.2 Å². The molecule has 0 radical (unpaired) electrons. The van der Waals surface area contributed by atoms with Crippen LogP contribution in [0.15, 0.2) is 24.3 Å². The molecule has 0 bridgehead atoms. The van der Waals surface area contributed by atoms with E-state index in [9.17, 15) is 18.5 Å². The van der Waals surface area contributed by atoms with E-state index >= 15 is 0 Å². The highest BCUT2D eigenvalue weighted by Crippen LogP contribution is 2.47. The van der Waals surface area contributed by atoms with E-state index in [1.54, 1.807) is 19.9 Å². The summed E-state index contributed by atoms with van der Waals surface area (Å²) in [6, 6.07) is 8.49. The van der Waals surface area contributed by atoms with Crippen LogP contribution in [0.4, 0.5) is 5.69 Å². The van der Waals surface area contributed by atoms with Crippen LogP contribution in [0.5, 0.6) is 0 Å². The van der Waals surface area contributed by atoms with Crippen molar-refractivity contribution in [3.8, 4) is 6.07 Å². The van der Waals surface area contributed by atoms with E-state index in [4.69, 9.17) is 0 Å². The molecule has 6 nitrogen and oxygen atoms in total. The summed E-state index contributed by atoms with van der Waals surface area (Å²) >= 11 is 0. The summed E-state index contributed by atoms with van der Waals surface area (Å²) < 4.78 is 26.2. The van der Waals surface area contributed by atoms with Gasteiger partial charge in [0.25, 0.3) is 0 Å². The molecule has 1 spiro atoms. The lowest BCUT2D eigenvalue weighted by Crippen LogP contribution is -2.42. The normalized spacial score (nSPS) is 27.9. The van der Waals surface area contributed by atoms with Gasteiger partial charge in [-0.1, -0.05) is 18.2 Å². The summed E-state index contributed by atoms with van der Waals surface area (Å²) in [5.74, 6) is -0.226. The number of nitrogens with zero attached hydrogens (tertiary/aromatic N) is 2. The number of nitrogens with one attached hydrogen (secondary N) is 1. The first kappa shape index (κ1) is 15.0. The molecular weight excluding hydrogens is 302 g/mol. The Kier molecular flexibility index (Phi) is 3.27. The average Bonchev–Trinajstić information content (AvgIpc) is 3.00. The van der Waals surface area contributed by atoms with Crippen LogP contribution in [0.3, 0.4) is 0 Å². The van der Waals surface area contributed by atoms with E-state index in [2.05, 4.69) is 5.32 Å². The number of hydrogen-bond acceptors (Lipinski definition) is 4. The number of hydrogen-bond donors (Lipinski definition) is 1. The number of sulfonamides is 1. The van der Waals surface area contributed by atoms with Crippen molar-refractivity contribution in [2.24, 2.45) is 0 Å². The lowest BCUT2D eigenvalue weighted by molar-refractivity contribution is -0.120. The zero-order valence-electron chi connectivity index (χ0n) is 12.4. The number of amides is 1. The molecule has 2 heterocycles. The maximum atomic E-state index is 12.5. The molecule has 3 rings (SSSR count). The van der Waals surface area contributed by atoms with E-state index in [-0.39, 0.29) is 18.9 Å². The highest BCUT2D eigenvalue weighted by Gasteiger charge is 2.57. The highest BCUT2D eigenvalue weighted by atomic mass is 32.2. The van der Waals surface area contributed by atoms with Crippen molar-refractivity contribution < 1.29 is 13.2 Å². The Morgan fingerprint density at radius 2 is 2.09 bits per heavy atom. The van der Waals surface area contributed by atoms with E-state index in [0.717, 1.165) is 5.56 Å². The van der Waals surface area contributed by atoms with E-state index < -0.39 is 26.7 Å². The summed E-state index contributed by atoms with van der Waals surface area (Å²) in [6.45, 7) is 3.18. The van der Waals surface area contributed by atoms with Crippen molar-refractivity contribution in [3.05, 3.63) is 29.8 Å². The summed E-state index contributed by atoms with van der Waals surface area (Å²) in [5, 5.41) is 11.6. The smallest absolute Gasteiger partial charge is 0.236 e. The molecular formula is C15H17N3O3S. The van der Waals surface area contributed by atoms with Crippen molar-refractivity contribution in [2.45, 2.75) is 37.0 Å². The molecule has 7 heteroatoms. The second kappa shape index (κ2) is 4.80. The van der Waals surface area contributed by atoms with Crippen LogP contribution >= 0.6 is 0 Å². The maximum Gasteiger partial charge on any atom is 0.236 e. The van der Waals surface area contributed by atoms with Crippen molar-refractivity contribution in [1.29, 1.82) is 5.26 Å². The summed E-state index contributed by atoms with van der Waals surface area (Å²) in [7, 11) is -3.60. The standard InChI is InChI=1S/C15H17N3O3S/c1-10(2)22(20,21)18-9-15(7-11(18)8-16)12-5-3-4-6-13(12)17-14(15)19/h3-6,10-11H,7,9H2,1-2H3,(H,17,19)/t11-,15-/m0/s1. The van der Waals surface area contributed by atoms with Crippen LogP contribution in [0, 0.1) is 11.3 Å². The molecule has 1 amide bonds. The van der Waals surface area contributed by atoms with Gasteiger partial charge < -0.3 is 5.32 Å². The Morgan fingerprint density at radius 1 is 1.41 bits per heavy atom. The van der Waals surface area contributed by atoms with Crippen LogP contribution < -0.4 is 5.32 Å². The first-order chi connectivity index (χ1) is 10.3. The van der Waals surface area contributed by atoms with Crippen molar-refractivity contribution in [1.82, 2.24) is 4.31 Å². The maximum absolute atomic E-state index is 12.5. The number of carbonyl (C=O) groups excluding carboxylic acids is 1. The lowest BCUT2D eigenvalue weighted by Gasteiger charge is -2.23. The molecule has 1 aromatic carbocycles. The number of nitriles is 1. The van der Waals surface area contributed by atoms with Gasteiger partial charge in [0.05, 0.1) is 16.7 Å². The quantitative estimate of drug-likeness (QED) is 0.887. The summed E-state index contributed by atoms with van der Waals surface area (Å²) in [5.41, 5.74) is 0.522. The monoisotopic (exact) mass is 319 g/mol. The van der Waals surface area contributed by atoms with Gasteiger partial charge in [0.15, 0.2) is 0 Å². The number of benzene rings is 1. The molecule has 2 aliphatic rings. The van der Waals surface area contributed by atoms with Gasteiger partial charge in [0.1, 0.15) is 6.04 Å². The number of rotatable bonds is 2. The number of para-hydroxylation sites is 1. The molecule has 0 aromatic heterocycles. The molecule has 1 N–H and O–H groups in total. The van der Waals surface area contributed by atoms with E-state index in [0.29, 0.717) is 5.69 Å². The molecule has 116 valence electrons. The van der Waals surface area contributed by atoms with Crippen LogP contribution in [0.25, 0.3) is 0 Å². The van der Waals surface area contributed by atoms with E-state index in [1.165, 1.54) is 4.31 Å². The van der Waals surface area contributed by atoms with Crippen molar-refractivity contribution in [3.63, 3.8) is 0 Å². The third-order valence-corrected chi connectivity index (χ3v) is 6.74. The first-order valence-corrected chi connectivity index (χ1v) is 8.64. The van der Waals surface area contributed by atoms with Crippen molar-refractivity contribution in [2.75, 3.05) is 11.9 Å². The largest absolute Gasteiger partial charge is 0.325 e. The Labute approximate surface area is 129 Å². The van der Waals surface area contributed by atoms with Gasteiger partial charge in [-0.3, -0.25) is 4.79 Å². The third kappa shape index (κ3) is 1.87. The van der Waals surface area contributed by atoms with Gasteiger partial charge in [-0.05, 0) is 31.9 Å². The molecule has 0 aliphatic carbocycles. The lowest BCUT2D eigenvalue weighted by atomic mass is 9.80. The average molecular weight is 319 g/mol. The second-order valence-corrected chi connectivity index (χ2v) is 8.51. The van der Waals surface area contributed by atoms with Crippen LogP contribution in [-0.4, -0.2) is 36.5 Å². The molecule has 1 fully saturated rings. The van der Waals surface area contributed by atoms with Gasteiger partial charge >= 0.3 is 0 Å². The van der Waals surface area contributed by atoms with Gasteiger partial charge in [-0.25, -0.2) is 8.42 Å². The predicted octanol–water partition coefficient (Wildman–Crippen LogP) is 1.21. The Bertz CT molecular complexity index is 781. The topological polar surface area (TPSA) is 90.3 Å². The zero-order chi connectivity index (χ0) is 16.1. The SMILES string of the molecule is CC(C)S(=O)(=O)N1C[C@]2(C[C@H]1C#N)C(=O)Nc1ccccc12. The fraction of sp³-hybridized carbons (Fsp3) is 0.467. The zero-order valence-corrected chi connectivity index (χ0v) is 13.2. The number of carbonyl (C=O) groups is 1. The van der Waals surface area contributed by atoms with E-state index in [1.807, 2.05) is 24.3 Å². The second-order valence-electron chi connectivity index (χ2n) is 6.07. The van der Waals surface area contributed by atoms with Gasteiger partial charge in [-0.15, -0.1) is 0 Å². The predicted molar refractivity (Wildman–Crippen MR) is 81.5 cm³/mol. The Morgan fingerprint density at radius 3 is 2.73 bits per heavy atom. The molecule has 0 unspecified atom stereocenters. The van der Waals surface area contributed by atoms with Gasteiger partial charge in [0.2, 0.25) is 15.9 Å². The fourth-order valence-electron chi connectivity index (χ4n) is 3.25. The fourth-order valence-corrected chi connectivity index (χ4v) is 4.67. The van der Waals surface area contributed by atoms with Crippen LogP contribution in [0.2, 0.25) is 0 Å². The highest BCUT2D eigenvalue weighted by molar-refractivity contribution is 7.89. The molecule has 1 saturated heterocycles. The van der Waals surface area contributed by atoms with Crippen molar-refractivity contribution >= 4 is 21.6 Å². The third-order valence-electron chi connectivity index (χ3n) is 4.51. The molecule has 1 aromatic rings. The minimum Gasteiger partial charge on any atom is -0.325 e.